The number of fused-ring (bicyclic) bond motifs is 1. The zero-order chi connectivity index (χ0) is 9.42. The van der Waals surface area contributed by atoms with Crippen molar-refractivity contribution >= 4 is 37.4 Å². The van der Waals surface area contributed by atoms with Gasteiger partial charge in [0, 0.05) is 9.86 Å². The Bertz CT molecular complexity index is 452. The molecule has 0 fully saturated rings. The third-order valence-electron chi connectivity index (χ3n) is 1.80. The number of benzene rings is 1. The van der Waals surface area contributed by atoms with Crippen molar-refractivity contribution in [1.82, 2.24) is 0 Å². The van der Waals surface area contributed by atoms with Crippen LogP contribution in [0.2, 0.25) is 0 Å². The first kappa shape index (κ1) is 8.97. The minimum atomic E-state index is -0.333. The fourth-order valence-electron chi connectivity index (χ4n) is 1.25. The lowest BCUT2D eigenvalue weighted by Crippen LogP contribution is -1.88. The van der Waals surface area contributed by atoms with Gasteiger partial charge in [0.15, 0.2) is 11.6 Å². The lowest BCUT2D eigenvalue weighted by atomic mass is 10.2. The van der Waals surface area contributed by atoms with Crippen LogP contribution in [0.25, 0.3) is 10.1 Å². The Morgan fingerprint density at radius 3 is 3.00 bits per heavy atom. The van der Waals surface area contributed by atoms with E-state index >= 15 is 0 Å². The second-order valence-corrected chi connectivity index (χ2v) is 4.31. The van der Waals surface area contributed by atoms with Crippen LogP contribution in [0.3, 0.4) is 0 Å². The minimum absolute atomic E-state index is 0.319. The quantitative estimate of drug-likeness (QED) is 0.758. The smallest absolute Gasteiger partial charge is 0.166 e. The van der Waals surface area contributed by atoms with E-state index < -0.39 is 0 Å². The van der Waals surface area contributed by atoms with Crippen LogP contribution in [0.5, 0.6) is 5.75 Å². The Kier molecular flexibility index (Phi) is 2.26. The molecule has 2 aromatic rings. The molecule has 0 aliphatic heterocycles. The molecule has 68 valence electrons. The summed E-state index contributed by atoms with van der Waals surface area (Å²) >= 11 is 4.86. The van der Waals surface area contributed by atoms with Gasteiger partial charge in [0.25, 0.3) is 0 Å². The summed E-state index contributed by atoms with van der Waals surface area (Å²) in [7, 11) is 1.48. The van der Waals surface area contributed by atoms with E-state index in [1.807, 2.05) is 11.4 Å². The average Bonchev–Trinajstić information content (AvgIpc) is 2.53. The van der Waals surface area contributed by atoms with Crippen LogP contribution >= 0.6 is 27.3 Å². The van der Waals surface area contributed by atoms with Gasteiger partial charge in [-0.15, -0.1) is 11.3 Å². The molecule has 0 unspecified atom stereocenters. The van der Waals surface area contributed by atoms with Crippen LogP contribution in [-0.2, 0) is 0 Å². The minimum Gasteiger partial charge on any atom is -0.493 e. The molecule has 1 aromatic heterocycles. The molecule has 0 atom stereocenters. The van der Waals surface area contributed by atoms with Crippen LogP contribution in [0.4, 0.5) is 4.39 Å². The zero-order valence-corrected chi connectivity index (χ0v) is 9.21. The lowest BCUT2D eigenvalue weighted by Gasteiger charge is -2.04. The number of methoxy groups -OCH3 is 1. The molecule has 0 saturated carbocycles. The fraction of sp³-hybridized carbons (Fsp3) is 0.111. The molecule has 2 rings (SSSR count). The third kappa shape index (κ3) is 1.34. The average molecular weight is 261 g/mol. The van der Waals surface area contributed by atoms with Gasteiger partial charge >= 0.3 is 0 Å². The van der Waals surface area contributed by atoms with Crippen molar-refractivity contribution in [2.24, 2.45) is 0 Å². The van der Waals surface area contributed by atoms with Crippen molar-refractivity contribution in [3.63, 3.8) is 0 Å². The van der Waals surface area contributed by atoms with E-state index in [9.17, 15) is 4.39 Å². The Balaban J connectivity index is 2.88. The van der Waals surface area contributed by atoms with Gasteiger partial charge in [-0.2, -0.15) is 0 Å². The molecular weight excluding hydrogens is 255 g/mol. The van der Waals surface area contributed by atoms with E-state index in [4.69, 9.17) is 4.74 Å². The molecule has 0 radical (unpaired) electrons. The van der Waals surface area contributed by atoms with Gasteiger partial charge in [0.05, 0.1) is 11.8 Å². The highest BCUT2D eigenvalue weighted by Crippen LogP contribution is 2.37. The molecule has 1 nitrogen and oxygen atoms in total. The van der Waals surface area contributed by atoms with Crippen LogP contribution < -0.4 is 4.74 Å². The van der Waals surface area contributed by atoms with Crippen molar-refractivity contribution in [3.8, 4) is 5.75 Å². The van der Waals surface area contributed by atoms with Crippen molar-refractivity contribution < 1.29 is 9.13 Å². The molecule has 0 N–H and O–H groups in total. The first-order valence-electron chi connectivity index (χ1n) is 3.63. The zero-order valence-electron chi connectivity index (χ0n) is 6.80. The molecule has 0 amide bonds. The first-order chi connectivity index (χ1) is 6.24. The lowest BCUT2D eigenvalue weighted by molar-refractivity contribution is 0.392. The summed E-state index contributed by atoms with van der Waals surface area (Å²) in [4.78, 5) is 0. The highest BCUT2D eigenvalue weighted by atomic mass is 79.9. The molecule has 1 aromatic carbocycles. The van der Waals surface area contributed by atoms with Gasteiger partial charge in [0.2, 0.25) is 0 Å². The van der Waals surface area contributed by atoms with Gasteiger partial charge < -0.3 is 4.74 Å². The molecule has 13 heavy (non-hydrogen) atoms. The summed E-state index contributed by atoms with van der Waals surface area (Å²) in [5.74, 6) is -0.0141. The predicted octanol–water partition coefficient (Wildman–Crippen LogP) is 3.81. The molecule has 0 aliphatic rings. The van der Waals surface area contributed by atoms with Crippen molar-refractivity contribution in [1.29, 1.82) is 0 Å². The summed E-state index contributed by atoms with van der Waals surface area (Å²) in [6.45, 7) is 0. The highest BCUT2D eigenvalue weighted by Gasteiger charge is 2.11. The van der Waals surface area contributed by atoms with Crippen LogP contribution in [-0.4, -0.2) is 7.11 Å². The molecule has 0 aliphatic carbocycles. The maximum Gasteiger partial charge on any atom is 0.166 e. The van der Waals surface area contributed by atoms with Crippen molar-refractivity contribution in [3.05, 3.63) is 27.8 Å². The second-order valence-electron chi connectivity index (χ2n) is 2.54. The molecule has 4 heteroatoms. The second kappa shape index (κ2) is 3.27. The van der Waals surface area contributed by atoms with Crippen LogP contribution in [0.1, 0.15) is 0 Å². The van der Waals surface area contributed by atoms with Crippen LogP contribution in [0, 0.1) is 5.82 Å². The Labute approximate surface area is 87.3 Å². The maximum atomic E-state index is 13.3. The molecular formula is C9H6BrFOS. The first-order valence-corrected chi connectivity index (χ1v) is 5.30. The topological polar surface area (TPSA) is 9.23 Å². The largest absolute Gasteiger partial charge is 0.493 e. The monoisotopic (exact) mass is 260 g/mol. The summed E-state index contributed by atoms with van der Waals surface area (Å²) in [5.41, 5.74) is 0. The van der Waals surface area contributed by atoms with Gasteiger partial charge in [0.1, 0.15) is 0 Å². The van der Waals surface area contributed by atoms with Gasteiger partial charge in [-0.25, -0.2) is 4.39 Å². The Hall–Kier alpha value is -0.610. The molecule has 0 saturated heterocycles. The number of hydrogen-bond donors (Lipinski definition) is 0. The van der Waals surface area contributed by atoms with E-state index in [0.29, 0.717) is 5.75 Å². The number of hydrogen-bond acceptors (Lipinski definition) is 2. The molecule has 0 bridgehead atoms. The predicted molar refractivity (Wildman–Crippen MR) is 56.0 cm³/mol. The van der Waals surface area contributed by atoms with Crippen molar-refractivity contribution in [2.45, 2.75) is 0 Å². The summed E-state index contributed by atoms with van der Waals surface area (Å²) in [5, 5.41) is 2.73. The van der Waals surface area contributed by atoms with Gasteiger partial charge in [-0.3, -0.25) is 0 Å². The molecule has 1 heterocycles. The van der Waals surface area contributed by atoms with Crippen molar-refractivity contribution in [2.75, 3.05) is 7.11 Å². The van der Waals surface area contributed by atoms with E-state index in [2.05, 4.69) is 15.9 Å². The normalized spacial score (nSPS) is 10.7. The summed E-state index contributed by atoms with van der Waals surface area (Å²) < 4.78 is 20.1. The van der Waals surface area contributed by atoms with E-state index in [1.165, 1.54) is 13.2 Å². The number of ether oxygens (including phenoxy) is 1. The van der Waals surface area contributed by atoms with Gasteiger partial charge in [-0.1, -0.05) is 0 Å². The fourth-order valence-corrected chi connectivity index (χ4v) is 2.75. The van der Waals surface area contributed by atoms with E-state index in [1.54, 1.807) is 11.3 Å². The summed E-state index contributed by atoms with van der Waals surface area (Å²) in [6, 6.07) is 3.28. The van der Waals surface area contributed by atoms with E-state index in [0.717, 1.165) is 14.6 Å². The number of rotatable bonds is 1. The SMILES string of the molecule is COc1c(F)cc(Br)c2sccc12. The van der Waals surface area contributed by atoms with Crippen LogP contribution in [0.15, 0.2) is 22.0 Å². The Morgan fingerprint density at radius 2 is 2.31 bits per heavy atom. The summed E-state index contributed by atoms with van der Waals surface area (Å²) in [6.07, 6.45) is 0. The Morgan fingerprint density at radius 1 is 1.54 bits per heavy atom. The van der Waals surface area contributed by atoms with E-state index in [-0.39, 0.29) is 5.82 Å². The number of thiophene rings is 1. The third-order valence-corrected chi connectivity index (χ3v) is 3.64. The standard InChI is InChI=1S/C9H6BrFOS/c1-12-8-5-2-3-13-9(5)6(10)4-7(8)11/h2-4H,1H3. The van der Waals surface area contributed by atoms with Gasteiger partial charge in [-0.05, 0) is 33.4 Å². The molecule has 0 spiro atoms. The number of halogens is 2. The highest BCUT2D eigenvalue weighted by molar-refractivity contribution is 9.10. The maximum absolute atomic E-state index is 13.3.